The van der Waals surface area contributed by atoms with Gasteiger partial charge >= 0.3 is 6.18 Å². The van der Waals surface area contributed by atoms with E-state index in [1.54, 1.807) is 0 Å². The Morgan fingerprint density at radius 2 is 2.10 bits per heavy atom. The van der Waals surface area contributed by atoms with Crippen LogP contribution in [-0.4, -0.2) is 23.8 Å². The fourth-order valence-electron chi connectivity index (χ4n) is 1.21. The van der Waals surface area contributed by atoms with Crippen molar-refractivity contribution in [3.8, 4) is 5.75 Å². The maximum atomic E-state index is 13.2. The molecule has 1 aromatic rings. The Morgan fingerprint density at radius 1 is 1.50 bits per heavy atom. The number of hydrogen-bond donors (Lipinski definition) is 2. The van der Waals surface area contributed by atoms with Crippen molar-refractivity contribution in [1.29, 1.82) is 0 Å². The summed E-state index contributed by atoms with van der Waals surface area (Å²) in [6, 6.07) is 1.96. The molecule has 3 N–H and O–H groups in total. The first-order chi connectivity index (χ1) is 9.16. The maximum absolute atomic E-state index is 13.2. The van der Waals surface area contributed by atoms with Crippen molar-refractivity contribution in [3.63, 3.8) is 0 Å². The molecule has 0 amide bonds. The van der Waals surface area contributed by atoms with Gasteiger partial charge in [0.05, 0.1) is 9.50 Å². The van der Waals surface area contributed by atoms with Crippen LogP contribution in [0.5, 0.6) is 5.75 Å². The highest BCUT2D eigenvalue weighted by atomic mass is 79.9. The highest BCUT2D eigenvalue weighted by Crippen LogP contribution is 2.32. The van der Waals surface area contributed by atoms with Crippen molar-refractivity contribution in [2.45, 2.75) is 6.18 Å². The van der Waals surface area contributed by atoms with E-state index in [9.17, 15) is 17.6 Å². The Balaban J connectivity index is 2.91. The van der Waals surface area contributed by atoms with E-state index in [0.29, 0.717) is 0 Å². The van der Waals surface area contributed by atoms with Gasteiger partial charge in [0.25, 0.3) is 0 Å². The number of hydrogen-bond acceptors (Lipinski definition) is 3. The standard InChI is InChI=1S/C10H8BrClF4N2O2/c11-5-1-6(12)7(13)2-8(5)20-3-4(9(17)18-19)10(14,15)16/h1-2,4,19H,3H2,(H2,17,18). The molecule has 1 atom stereocenters. The summed E-state index contributed by atoms with van der Waals surface area (Å²) in [5.74, 6) is -4.41. The van der Waals surface area contributed by atoms with Crippen LogP contribution in [0.2, 0.25) is 5.02 Å². The van der Waals surface area contributed by atoms with Gasteiger partial charge in [0.2, 0.25) is 0 Å². The molecular weight excluding hydrogens is 371 g/mol. The lowest BCUT2D eigenvalue weighted by Crippen LogP contribution is -2.40. The van der Waals surface area contributed by atoms with E-state index in [0.717, 1.165) is 12.1 Å². The highest BCUT2D eigenvalue weighted by molar-refractivity contribution is 9.10. The molecule has 0 aliphatic carbocycles. The molecule has 1 aromatic carbocycles. The second-order valence-electron chi connectivity index (χ2n) is 3.63. The van der Waals surface area contributed by atoms with Gasteiger partial charge in [0, 0.05) is 6.07 Å². The average Bonchev–Trinajstić information content (AvgIpc) is 2.33. The Hall–Kier alpha value is -1.22. The molecule has 112 valence electrons. The number of amidine groups is 1. The summed E-state index contributed by atoms with van der Waals surface area (Å²) in [7, 11) is 0. The summed E-state index contributed by atoms with van der Waals surface area (Å²) in [6.07, 6.45) is -4.77. The van der Waals surface area contributed by atoms with Crippen LogP contribution in [0, 0.1) is 11.7 Å². The number of nitrogens with zero attached hydrogens (tertiary/aromatic N) is 1. The van der Waals surface area contributed by atoms with Crippen LogP contribution in [0.3, 0.4) is 0 Å². The van der Waals surface area contributed by atoms with Gasteiger partial charge in [-0.2, -0.15) is 13.2 Å². The minimum atomic E-state index is -4.77. The van der Waals surface area contributed by atoms with Gasteiger partial charge in [-0.25, -0.2) is 4.39 Å². The van der Waals surface area contributed by atoms with Crippen LogP contribution < -0.4 is 10.5 Å². The predicted octanol–water partition coefficient (Wildman–Crippen LogP) is 3.55. The van der Waals surface area contributed by atoms with Gasteiger partial charge in [-0.15, -0.1) is 0 Å². The van der Waals surface area contributed by atoms with Crippen LogP contribution in [0.25, 0.3) is 0 Å². The zero-order chi connectivity index (χ0) is 15.5. The largest absolute Gasteiger partial charge is 0.491 e. The van der Waals surface area contributed by atoms with E-state index < -0.39 is 30.4 Å². The molecule has 0 saturated carbocycles. The molecule has 1 unspecified atom stereocenters. The summed E-state index contributed by atoms with van der Waals surface area (Å²) >= 11 is 8.45. The lowest BCUT2D eigenvalue weighted by Gasteiger charge is -2.19. The summed E-state index contributed by atoms with van der Waals surface area (Å²) in [5.41, 5.74) is 4.95. The average molecular weight is 380 g/mol. The number of rotatable bonds is 4. The number of ether oxygens (including phenoxy) is 1. The fraction of sp³-hybridized carbons (Fsp3) is 0.300. The van der Waals surface area contributed by atoms with E-state index in [1.165, 1.54) is 0 Å². The highest BCUT2D eigenvalue weighted by Gasteiger charge is 2.43. The van der Waals surface area contributed by atoms with Crippen LogP contribution in [0.15, 0.2) is 21.8 Å². The number of nitrogens with two attached hydrogens (primary N) is 1. The molecule has 20 heavy (non-hydrogen) atoms. The zero-order valence-electron chi connectivity index (χ0n) is 9.59. The van der Waals surface area contributed by atoms with Crippen LogP contribution >= 0.6 is 27.5 Å². The molecule has 0 bridgehead atoms. The summed E-state index contributed by atoms with van der Waals surface area (Å²) in [6.45, 7) is -0.973. The van der Waals surface area contributed by atoms with E-state index in [4.69, 9.17) is 27.3 Å². The number of alkyl halides is 3. The van der Waals surface area contributed by atoms with Gasteiger partial charge in [0.1, 0.15) is 24.1 Å². The van der Waals surface area contributed by atoms with Crippen molar-refractivity contribution in [1.82, 2.24) is 0 Å². The third-order valence-corrected chi connectivity index (χ3v) is 3.16. The smallest absolute Gasteiger partial charge is 0.402 e. The topological polar surface area (TPSA) is 67.8 Å². The Labute approximate surface area is 124 Å². The zero-order valence-corrected chi connectivity index (χ0v) is 11.9. The van der Waals surface area contributed by atoms with Crippen molar-refractivity contribution in [3.05, 3.63) is 27.4 Å². The second-order valence-corrected chi connectivity index (χ2v) is 4.89. The lowest BCUT2D eigenvalue weighted by atomic mass is 10.1. The molecule has 0 aliphatic heterocycles. The van der Waals surface area contributed by atoms with Crippen LogP contribution in [0.4, 0.5) is 17.6 Å². The quantitative estimate of drug-likeness (QED) is 0.210. The molecule has 0 heterocycles. The van der Waals surface area contributed by atoms with Gasteiger partial charge in [-0.1, -0.05) is 16.8 Å². The summed E-state index contributed by atoms with van der Waals surface area (Å²) < 4.78 is 56.2. The fourth-order valence-corrected chi connectivity index (χ4v) is 1.96. The van der Waals surface area contributed by atoms with Gasteiger partial charge in [0.15, 0.2) is 5.84 Å². The van der Waals surface area contributed by atoms with Gasteiger partial charge in [-0.05, 0) is 22.0 Å². The van der Waals surface area contributed by atoms with Crippen LogP contribution in [-0.2, 0) is 0 Å². The third kappa shape index (κ3) is 4.14. The molecule has 0 aromatic heterocycles. The van der Waals surface area contributed by atoms with Crippen molar-refractivity contribution in [2.24, 2.45) is 16.8 Å². The summed E-state index contributed by atoms with van der Waals surface area (Å²) in [5, 5.41) is 10.4. The van der Waals surface area contributed by atoms with Gasteiger partial charge < -0.3 is 15.7 Å². The molecule has 0 saturated heterocycles. The molecular formula is C10H8BrClF4N2O2. The first kappa shape index (κ1) is 16.8. The Kier molecular flexibility index (Phi) is 5.46. The van der Waals surface area contributed by atoms with Gasteiger partial charge in [-0.3, -0.25) is 0 Å². The molecule has 0 fully saturated rings. The van der Waals surface area contributed by atoms with Crippen LogP contribution in [0.1, 0.15) is 0 Å². The number of benzene rings is 1. The van der Waals surface area contributed by atoms with Crippen molar-refractivity contribution >= 4 is 33.4 Å². The monoisotopic (exact) mass is 378 g/mol. The van der Waals surface area contributed by atoms with E-state index in [-0.39, 0.29) is 15.2 Å². The minimum Gasteiger partial charge on any atom is -0.491 e. The first-order valence-corrected chi connectivity index (χ1v) is 6.15. The SMILES string of the molecule is N/C(=N/O)C(COc1cc(F)c(Cl)cc1Br)C(F)(F)F. The molecule has 0 radical (unpaired) electrons. The predicted molar refractivity (Wildman–Crippen MR) is 67.6 cm³/mol. The third-order valence-electron chi connectivity index (χ3n) is 2.25. The second kappa shape index (κ2) is 6.49. The molecule has 10 heteroatoms. The lowest BCUT2D eigenvalue weighted by molar-refractivity contribution is -0.162. The normalized spacial score (nSPS) is 14.2. The molecule has 4 nitrogen and oxygen atoms in total. The van der Waals surface area contributed by atoms with Crippen molar-refractivity contribution in [2.75, 3.05) is 6.61 Å². The molecule has 1 rings (SSSR count). The molecule has 0 aliphatic rings. The minimum absolute atomic E-state index is 0.171. The van der Waals surface area contributed by atoms with Crippen molar-refractivity contribution < 1.29 is 27.5 Å². The maximum Gasteiger partial charge on any atom is 0.402 e. The number of halogens is 6. The molecule has 0 spiro atoms. The first-order valence-electron chi connectivity index (χ1n) is 4.98. The van der Waals surface area contributed by atoms with E-state index >= 15 is 0 Å². The Morgan fingerprint density at radius 3 is 2.60 bits per heavy atom. The summed E-state index contributed by atoms with van der Waals surface area (Å²) in [4.78, 5) is 0. The van der Waals surface area contributed by atoms with E-state index in [1.807, 2.05) is 0 Å². The number of oxime groups is 1. The Bertz CT molecular complexity index is 525. The van der Waals surface area contributed by atoms with E-state index in [2.05, 4.69) is 21.1 Å².